The van der Waals surface area contributed by atoms with Crippen LogP contribution in [0.15, 0.2) is 77.3 Å². The molecule has 0 fully saturated rings. The normalized spacial score (nSPS) is 11.3. The summed E-state index contributed by atoms with van der Waals surface area (Å²) < 4.78 is 47.4. The maximum Gasteiger partial charge on any atom is 0.417 e. The SMILES string of the molecule is CN(C)CCNC(=O)c1ccc(-c2onc(-c3ccc(Cl)cc3)c2-c2ccccc2C(F)(F)F)cc1.Cl. The molecule has 1 aromatic heterocycles. The molecule has 0 unspecified atom stereocenters. The molecule has 1 heterocycles. The number of carbonyl (C=O) groups excluding carboxylic acids is 1. The molecule has 10 heteroatoms. The lowest BCUT2D eigenvalue weighted by molar-refractivity contribution is -0.137. The highest BCUT2D eigenvalue weighted by Crippen LogP contribution is 2.45. The second-order valence-electron chi connectivity index (χ2n) is 8.42. The summed E-state index contributed by atoms with van der Waals surface area (Å²) in [6.07, 6.45) is -4.59. The minimum atomic E-state index is -4.59. The van der Waals surface area contributed by atoms with Gasteiger partial charge in [-0.15, -0.1) is 12.4 Å². The number of hydrogen-bond acceptors (Lipinski definition) is 4. The zero-order valence-corrected chi connectivity index (χ0v) is 21.5. The molecular formula is C27H24Cl2F3N3O2. The molecule has 1 N–H and O–H groups in total. The van der Waals surface area contributed by atoms with Crippen LogP contribution in [0.1, 0.15) is 15.9 Å². The summed E-state index contributed by atoms with van der Waals surface area (Å²) in [7, 11) is 3.82. The van der Waals surface area contributed by atoms with E-state index in [4.69, 9.17) is 16.1 Å². The summed E-state index contributed by atoms with van der Waals surface area (Å²) in [6, 6.07) is 18.4. The Morgan fingerprint density at radius 2 is 1.59 bits per heavy atom. The van der Waals surface area contributed by atoms with Gasteiger partial charge in [-0.25, -0.2) is 0 Å². The van der Waals surface area contributed by atoms with E-state index in [1.807, 2.05) is 19.0 Å². The fourth-order valence-corrected chi connectivity index (χ4v) is 3.88. The predicted molar refractivity (Wildman–Crippen MR) is 141 cm³/mol. The van der Waals surface area contributed by atoms with Crippen LogP contribution in [0.3, 0.4) is 0 Å². The molecule has 0 spiro atoms. The number of amides is 1. The number of hydrogen-bond donors (Lipinski definition) is 1. The predicted octanol–water partition coefficient (Wildman–Crippen LogP) is 7.06. The molecule has 0 atom stereocenters. The van der Waals surface area contributed by atoms with Crippen LogP contribution in [-0.4, -0.2) is 43.1 Å². The first-order valence-electron chi connectivity index (χ1n) is 11.1. The second-order valence-corrected chi connectivity index (χ2v) is 8.86. The molecule has 1 amide bonds. The highest BCUT2D eigenvalue weighted by atomic mass is 35.5. The topological polar surface area (TPSA) is 58.4 Å². The highest BCUT2D eigenvalue weighted by molar-refractivity contribution is 6.30. The summed E-state index contributed by atoms with van der Waals surface area (Å²) in [5.41, 5.74) is 1.06. The van der Waals surface area contributed by atoms with Gasteiger partial charge >= 0.3 is 6.18 Å². The first-order chi connectivity index (χ1) is 17.1. The molecule has 0 saturated carbocycles. The lowest BCUT2D eigenvalue weighted by atomic mass is 9.92. The third-order valence-corrected chi connectivity index (χ3v) is 5.82. The van der Waals surface area contributed by atoms with Crippen LogP contribution in [0.4, 0.5) is 13.2 Å². The summed E-state index contributed by atoms with van der Waals surface area (Å²) in [6.45, 7) is 1.18. The number of likely N-dealkylation sites (N-methyl/N-ethyl adjacent to an activating group) is 1. The van der Waals surface area contributed by atoms with Crippen molar-refractivity contribution in [3.8, 4) is 33.7 Å². The Bertz CT molecular complexity index is 1350. The van der Waals surface area contributed by atoms with Gasteiger partial charge in [0.25, 0.3) is 5.91 Å². The highest BCUT2D eigenvalue weighted by Gasteiger charge is 2.35. The van der Waals surface area contributed by atoms with Gasteiger partial charge in [0.15, 0.2) is 5.76 Å². The molecule has 194 valence electrons. The zero-order valence-electron chi connectivity index (χ0n) is 20.0. The number of carbonyl (C=O) groups is 1. The monoisotopic (exact) mass is 549 g/mol. The van der Waals surface area contributed by atoms with Crippen LogP contribution in [0.25, 0.3) is 33.7 Å². The molecule has 3 aromatic carbocycles. The van der Waals surface area contributed by atoms with Crippen LogP contribution in [0.2, 0.25) is 5.02 Å². The first kappa shape index (κ1) is 28.2. The fourth-order valence-electron chi connectivity index (χ4n) is 3.76. The minimum absolute atomic E-state index is 0. The number of benzene rings is 3. The Labute approximate surface area is 223 Å². The van der Waals surface area contributed by atoms with Crippen molar-refractivity contribution in [3.05, 3.63) is 88.9 Å². The fraction of sp³-hybridized carbons (Fsp3) is 0.185. The largest absolute Gasteiger partial charge is 0.417 e. The molecule has 0 aliphatic carbocycles. The lowest BCUT2D eigenvalue weighted by Gasteiger charge is -2.14. The van der Waals surface area contributed by atoms with E-state index in [0.717, 1.165) is 6.07 Å². The second kappa shape index (κ2) is 11.8. The van der Waals surface area contributed by atoms with E-state index >= 15 is 0 Å². The van der Waals surface area contributed by atoms with Crippen LogP contribution in [0.5, 0.6) is 0 Å². The van der Waals surface area contributed by atoms with Crippen LogP contribution >= 0.6 is 24.0 Å². The van der Waals surface area contributed by atoms with Gasteiger partial charge in [0.2, 0.25) is 0 Å². The van der Waals surface area contributed by atoms with Gasteiger partial charge < -0.3 is 14.7 Å². The van der Waals surface area contributed by atoms with E-state index in [1.54, 1.807) is 48.5 Å². The molecule has 4 rings (SSSR count). The van der Waals surface area contributed by atoms with Crippen LogP contribution in [-0.2, 0) is 6.18 Å². The van der Waals surface area contributed by atoms with E-state index in [9.17, 15) is 18.0 Å². The molecule has 4 aromatic rings. The van der Waals surface area contributed by atoms with Crippen molar-refractivity contribution < 1.29 is 22.5 Å². The van der Waals surface area contributed by atoms with Crippen molar-refractivity contribution in [2.75, 3.05) is 27.2 Å². The third-order valence-electron chi connectivity index (χ3n) is 5.57. The van der Waals surface area contributed by atoms with Crippen molar-refractivity contribution in [3.63, 3.8) is 0 Å². The number of halogens is 5. The number of nitrogens with zero attached hydrogens (tertiary/aromatic N) is 2. The Morgan fingerprint density at radius 3 is 2.22 bits per heavy atom. The average Bonchev–Trinajstić information content (AvgIpc) is 3.29. The van der Waals surface area contributed by atoms with Gasteiger partial charge in [-0.2, -0.15) is 13.2 Å². The zero-order chi connectivity index (χ0) is 25.9. The molecular weight excluding hydrogens is 526 g/mol. The Hall–Kier alpha value is -3.33. The number of rotatable bonds is 7. The quantitative estimate of drug-likeness (QED) is 0.268. The molecule has 37 heavy (non-hydrogen) atoms. The first-order valence-corrected chi connectivity index (χ1v) is 11.5. The van der Waals surface area contributed by atoms with Gasteiger partial charge in [0.1, 0.15) is 5.69 Å². The maximum atomic E-state index is 13.9. The van der Waals surface area contributed by atoms with Crippen LogP contribution in [0, 0.1) is 0 Å². The summed E-state index contributed by atoms with van der Waals surface area (Å²) in [4.78, 5) is 14.4. The van der Waals surface area contributed by atoms with E-state index in [1.165, 1.54) is 18.2 Å². The smallest absolute Gasteiger partial charge is 0.355 e. The van der Waals surface area contributed by atoms with Crippen molar-refractivity contribution in [2.45, 2.75) is 6.18 Å². The molecule has 0 aliphatic rings. The minimum Gasteiger partial charge on any atom is -0.355 e. The van der Waals surface area contributed by atoms with Gasteiger partial charge in [0, 0.05) is 40.4 Å². The Balaban J connectivity index is 0.00000380. The van der Waals surface area contributed by atoms with Crippen LogP contribution < -0.4 is 5.32 Å². The summed E-state index contributed by atoms with van der Waals surface area (Å²) >= 11 is 6.00. The Morgan fingerprint density at radius 1 is 0.973 bits per heavy atom. The molecule has 0 radical (unpaired) electrons. The van der Waals surface area contributed by atoms with Gasteiger partial charge in [-0.1, -0.05) is 59.2 Å². The van der Waals surface area contributed by atoms with E-state index in [0.29, 0.717) is 34.8 Å². The van der Waals surface area contributed by atoms with Crippen molar-refractivity contribution >= 4 is 29.9 Å². The van der Waals surface area contributed by atoms with Gasteiger partial charge in [-0.05, 0) is 44.4 Å². The number of aromatic nitrogens is 1. The van der Waals surface area contributed by atoms with E-state index in [-0.39, 0.29) is 40.9 Å². The number of alkyl halides is 3. The molecule has 5 nitrogen and oxygen atoms in total. The van der Waals surface area contributed by atoms with Gasteiger partial charge in [-0.3, -0.25) is 4.79 Å². The van der Waals surface area contributed by atoms with E-state index in [2.05, 4.69) is 10.5 Å². The summed E-state index contributed by atoms with van der Waals surface area (Å²) in [5, 5.41) is 7.45. The average molecular weight is 550 g/mol. The number of nitrogens with one attached hydrogen (secondary N) is 1. The molecule has 0 aliphatic heterocycles. The maximum absolute atomic E-state index is 13.9. The van der Waals surface area contributed by atoms with Crippen molar-refractivity contribution in [1.29, 1.82) is 0 Å². The standard InChI is InChI=1S/C27H23ClF3N3O2.ClH/c1-34(2)16-15-32-26(35)19-9-7-18(8-10-19)25-23(21-5-3-4-6-22(21)27(29,30)31)24(33-36-25)17-11-13-20(28)14-12-17;/h3-14H,15-16H2,1-2H3,(H,32,35);1H. The van der Waals surface area contributed by atoms with E-state index < -0.39 is 11.7 Å². The van der Waals surface area contributed by atoms with Crippen molar-refractivity contribution in [1.82, 2.24) is 15.4 Å². The summed E-state index contributed by atoms with van der Waals surface area (Å²) in [5.74, 6) is -0.0818. The molecule has 0 bridgehead atoms. The molecule has 0 saturated heterocycles. The van der Waals surface area contributed by atoms with Gasteiger partial charge in [0.05, 0.1) is 11.1 Å². The Kier molecular flexibility index (Phi) is 9.02. The third kappa shape index (κ3) is 6.52. The lowest BCUT2D eigenvalue weighted by Crippen LogP contribution is -2.31. The van der Waals surface area contributed by atoms with Crippen molar-refractivity contribution in [2.24, 2.45) is 0 Å².